The first kappa shape index (κ1) is 33.3. The minimum Gasteiger partial charge on any atom is -0.459 e. The van der Waals surface area contributed by atoms with Gasteiger partial charge in [-0.1, -0.05) is 54.6 Å². The Balaban J connectivity index is 1.52. The maximum atomic E-state index is 13.0. The molecule has 2 unspecified atom stereocenters. The molecule has 0 fully saturated rings. The Hall–Kier alpha value is -4.63. The van der Waals surface area contributed by atoms with Crippen LogP contribution in [0, 0.1) is 18.3 Å². The molecule has 3 aromatic carbocycles. The molecule has 0 spiro atoms. The topological polar surface area (TPSA) is 157 Å². The van der Waals surface area contributed by atoms with Gasteiger partial charge < -0.3 is 15.8 Å². The number of ether oxygens (including phenoxy) is 1. The second-order valence-corrected chi connectivity index (χ2v) is 13.4. The summed E-state index contributed by atoms with van der Waals surface area (Å²) in [4.78, 5) is 22.0. The van der Waals surface area contributed by atoms with Crippen molar-refractivity contribution in [3.63, 3.8) is 0 Å². The Morgan fingerprint density at radius 2 is 1.67 bits per heavy atom. The summed E-state index contributed by atoms with van der Waals surface area (Å²) in [6.07, 6.45) is 0.713. The molecule has 3 N–H and O–H groups in total. The number of aryl methyl sites for hydroxylation is 1. The molecule has 4 rings (SSSR count). The summed E-state index contributed by atoms with van der Waals surface area (Å²) in [5.74, 6) is -0.163. The van der Waals surface area contributed by atoms with E-state index in [1.165, 1.54) is 12.3 Å². The van der Waals surface area contributed by atoms with Crippen molar-refractivity contribution in [3.05, 3.63) is 101 Å². The van der Waals surface area contributed by atoms with E-state index in [0.29, 0.717) is 33.6 Å². The molecule has 0 radical (unpaired) electrons. The molecule has 10 nitrogen and oxygen atoms in total. The highest BCUT2D eigenvalue weighted by atomic mass is 32.2. The molecule has 0 bridgehead atoms. The molecular formula is C34H37N5O5S. The monoisotopic (exact) mass is 627 g/mol. The van der Waals surface area contributed by atoms with Crippen LogP contribution in [-0.4, -0.2) is 36.5 Å². The van der Waals surface area contributed by atoms with E-state index in [2.05, 4.69) is 21.4 Å². The van der Waals surface area contributed by atoms with E-state index >= 15 is 0 Å². The molecule has 0 saturated carbocycles. The molecule has 0 aliphatic carbocycles. The van der Waals surface area contributed by atoms with Gasteiger partial charge in [0.15, 0.2) is 0 Å². The number of nitrogens with one attached hydrogen (secondary N) is 1. The van der Waals surface area contributed by atoms with Gasteiger partial charge >= 0.3 is 5.97 Å². The molecule has 45 heavy (non-hydrogen) atoms. The second-order valence-electron chi connectivity index (χ2n) is 11.9. The lowest BCUT2D eigenvalue weighted by Gasteiger charge is -2.31. The second kappa shape index (κ2) is 13.2. The Labute approximate surface area is 264 Å². The number of carbonyl (C=O) groups excluding carboxylic acids is 1. The van der Waals surface area contributed by atoms with Gasteiger partial charge in [-0.05, 0) is 76.4 Å². The van der Waals surface area contributed by atoms with Crippen LogP contribution in [0.5, 0.6) is 0 Å². The molecule has 2 atom stereocenters. The van der Waals surface area contributed by atoms with Crippen molar-refractivity contribution in [2.45, 2.75) is 63.6 Å². The van der Waals surface area contributed by atoms with Gasteiger partial charge in [0, 0.05) is 17.8 Å². The first-order chi connectivity index (χ1) is 21.2. The van der Waals surface area contributed by atoms with Crippen molar-refractivity contribution >= 4 is 27.7 Å². The number of hydrogen-bond acceptors (Lipinski definition) is 10. The van der Waals surface area contributed by atoms with Gasteiger partial charge in [0.2, 0.25) is 5.95 Å². The van der Waals surface area contributed by atoms with Crippen LogP contribution in [0.2, 0.25) is 0 Å². The smallest absolute Gasteiger partial charge is 0.318 e. The molecule has 0 amide bonds. The van der Waals surface area contributed by atoms with Gasteiger partial charge in [-0.3, -0.25) is 8.98 Å². The van der Waals surface area contributed by atoms with Gasteiger partial charge in [0.1, 0.15) is 17.1 Å². The summed E-state index contributed by atoms with van der Waals surface area (Å²) < 4.78 is 36.7. The number of nitrogens with zero attached hydrogens (tertiary/aromatic N) is 3. The lowest BCUT2D eigenvalue weighted by Crippen LogP contribution is -2.44. The summed E-state index contributed by atoms with van der Waals surface area (Å²) in [6.45, 7) is 10.6. The summed E-state index contributed by atoms with van der Waals surface area (Å²) in [7, 11) is -3.95. The average molecular weight is 628 g/mol. The van der Waals surface area contributed by atoms with Crippen molar-refractivity contribution in [3.8, 4) is 17.3 Å². The zero-order valence-electron chi connectivity index (χ0n) is 26.2. The van der Waals surface area contributed by atoms with E-state index in [4.69, 9.17) is 14.7 Å². The molecule has 4 aromatic rings. The predicted molar refractivity (Wildman–Crippen MR) is 172 cm³/mol. The zero-order chi connectivity index (χ0) is 33.0. The normalized spacial score (nSPS) is 13.7. The summed E-state index contributed by atoms with van der Waals surface area (Å²) in [5.41, 5.74) is 8.25. The Morgan fingerprint density at radius 1 is 1.02 bits per heavy atom. The van der Waals surface area contributed by atoms with Crippen molar-refractivity contribution in [2.75, 3.05) is 11.9 Å². The molecule has 0 saturated heterocycles. The average Bonchev–Trinajstić information content (AvgIpc) is 3.00. The summed E-state index contributed by atoms with van der Waals surface area (Å²) in [5, 5.41) is 12.9. The van der Waals surface area contributed by atoms with Gasteiger partial charge in [-0.2, -0.15) is 13.7 Å². The molecular weight excluding hydrogens is 590 g/mol. The van der Waals surface area contributed by atoms with Crippen molar-refractivity contribution < 1.29 is 22.1 Å². The highest BCUT2D eigenvalue weighted by Crippen LogP contribution is 2.31. The van der Waals surface area contributed by atoms with Crippen LogP contribution in [0.4, 0.5) is 11.6 Å². The van der Waals surface area contributed by atoms with E-state index in [0.717, 1.165) is 0 Å². The molecule has 11 heteroatoms. The fraction of sp³-hybridized carbons (Fsp3) is 0.294. The summed E-state index contributed by atoms with van der Waals surface area (Å²) in [6, 6.07) is 22.9. The fourth-order valence-corrected chi connectivity index (χ4v) is 5.85. The third kappa shape index (κ3) is 7.72. The largest absolute Gasteiger partial charge is 0.459 e. The van der Waals surface area contributed by atoms with Crippen LogP contribution >= 0.6 is 0 Å². The lowest BCUT2D eigenvalue weighted by atomic mass is 9.82. The third-order valence-corrected chi connectivity index (χ3v) is 8.77. The fourth-order valence-electron chi connectivity index (χ4n) is 4.55. The van der Waals surface area contributed by atoms with Gasteiger partial charge in [0.05, 0.1) is 28.5 Å². The highest BCUT2D eigenvalue weighted by Gasteiger charge is 2.37. The van der Waals surface area contributed by atoms with Gasteiger partial charge in [-0.25, -0.2) is 9.97 Å². The van der Waals surface area contributed by atoms with E-state index < -0.39 is 33.2 Å². The number of hydrogen-bond donors (Lipinski definition) is 2. The number of carbonyl (C=O) groups is 1. The van der Waals surface area contributed by atoms with Crippen LogP contribution < -0.4 is 11.1 Å². The molecule has 1 aromatic heterocycles. The van der Waals surface area contributed by atoms with Crippen molar-refractivity contribution in [1.82, 2.24) is 9.97 Å². The first-order valence-corrected chi connectivity index (χ1v) is 15.7. The van der Waals surface area contributed by atoms with E-state index in [1.807, 2.05) is 0 Å². The van der Waals surface area contributed by atoms with Crippen molar-refractivity contribution in [2.24, 2.45) is 5.73 Å². The number of nitrogens with two attached hydrogens (primary N) is 1. The summed E-state index contributed by atoms with van der Waals surface area (Å²) >= 11 is 0. The third-order valence-electron chi connectivity index (χ3n) is 7.23. The standard InChI is InChI=1S/C34H37N5O5S/c1-22-9-7-8-10-29(22)45(41,42)44-23(2)24-13-17-28(18-14-24)38-32-37-20-26(19-35)30(39-32)25-11-15-27(16-12-25)34(6,21-36)31(40)43-33(3,4)5/h7-18,20,23H,21,36H2,1-6H3,(H,37,38,39). The maximum Gasteiger partial charge on any atom is 0.318 e. The number of benzene rings is 3. The van der Waals surface area contributed by atoms with E-state index in [-0.39, 0.29) is 23.0 Å². The molecule has 0 aliphatic heterocycles. The van der Waals surface area contributed by atoms with Crippen LogP contribution in [0.1, 0.15) is 63.0 Å². The predicted octanol–water partition coefficient (Wildman–Crippen LogP) is 6.09. The van der Waals surface area contributed by atoms with Crippen LogP contribution in [0.3, 0.4) is 0 Å². The highest BCUT2D eigenvalue weighted by molar-refractivity contribution is 7.86. The van der Waals surface area contributed by atoms with Gasteiger partial charge in [-0.15, -0.1) is 0 Å². The minimum atomic E-state index is -3.95. The number of esters is 1. The zero-order valence-corrected chi connectivity index (χ0v) is 27.0. The molecule has 0 aliphatic rings. The first-order valence-electron chi connectivity index (χ1n) is 14.3. The minimum absolute atomic E-state index is 0.0541. The van der Waals surface area contributed by atoms with E-state index in [9.17, 15) is 18.5 Å². The quantitative estimate of drug-likeness (QED) is 0.156. The Bertz CT molecular complexity index is 1830. The van der Waals surface area contributed by atoms with Crippen molar-refractivity contribution in [1.29, 1.82) is 5.26 Å². The number of anilines is 2. The molecule has 234 valence electrons. The lowest BCUT2D eigenvalue weighted by molar-refractivity contribution is -0.161. The van der Waals surface area contributed by atoms with Crippen LogP contribution in [-0.2, 0) is 29.2 Å². The van der Waals surface area contributed by atoms with E-state index in [1.54, 1.807) is 108 Å². The Kier molecular flexibility index (Phi) is 9.73. The van der Waals surface area contributed by atoms with Gasteiger partial charge in [0.25, 0.3) is 10.1 Å². The number of rotatable bonds is 10. The Morgan fingerprint density at radius 3 is 2.24 bits per heavy atom. The number of nitriles is 1. The number of aromatic nitrogens is 2. The maximum absolute atomic E-state index is 13.0. The van der Waals surface area contributed by atoms with Crippen LogP contribution in [0.25, 0.3) is 11.3 Å². The SMILES string of the molecule is Cc1ccccc1S(=O)(=O)OC(C)c1ccc(Nc2ncc(C#N)c(-c3ccc(C(C)(CN)C(=O)OC(C)(C)C)cc3)n2)cc1. The van der Waals surface area contributed by atoms with Crippen LogP contribution in [0.15, 0.2) is 83.9 Å². The molecule has 1 heterocycles.